The molecule has 0 aliphatic carbocycles. The molecule has 160 valence electrons. The molecule has 30 heavy (non-hydrogen) atoms. The van der Waals surface area contributed by atoms with Gasteiger partial charge in [-0.15, -0.1) is 24.0 Å². The first kappa shape index (κ1) is 24.1. The van der Waals surface area contributed by atoms with E-state index >= 15 is 0 Å². The molecule has 0 amide bonds. The highest BCUT2D eigenvalue weighted by Crippen LogP contribution is 2.19. The van der Waals surface area contributed by atoms with Crippen molar-refractivity contribution in [2.75, 3.05) is 19.7 Å². The average Bonchev–Trinajstić information content (AvgIpc) is 3.22. The third-order valence-electron chi connectivity index (χ3n) is 4.29. The summed E-state index contributed by atoms with van der Waals surface area (Å²) in [5.41, 5.74) is 1.90. The Kier molecular flexibility index (Phi) is 10.0. The fraction of sp³-hybridized carbons (Fsp3) is 0.286. The topological polar surface area (TPSA) is 95.6 Å². The van der Waals surface area contributed by atoms with E-state index in [1.807, 2.05) is 49.4 Å². The summed E-state index contributed by atoms with van der Waals surface area (Å²) in [4.78, 5) is 8.88. The molecule has 0 bridgehead atoms. The van der Waals surface area contributed by atoms with Crippen LogP contribution in [0.4, 0.5) is 0 Å². The molecule has 1 atom stereocenters. The molecule has 1 heterocycles. The van der Waals surface area contributed by atoms with Gasteiger partial charge in [-0.25, -0.2) is 4.99 Å². The van der Waals surface area contributed by atoms with Crippen molar-refractivity contribution in [3.8, 4) is 11.4 Å². The molecule has 0 spiro atoms. The molecule has 9 heteroatoms. The molecule has 2 aromatic carbocycles. The van der Waals surface area contributed by atoms with Gasteiger partial charge >= 0.3 is 0 Å². The van der Waals surface area contributed by atoms with Crippen LogP contribution in [0, 0.1) is 0 Å². The monoisotopic (exact) mass is 541 g/mol. The molecule has 0 radical (unpaired) electrons. The first-order valence-electron chi connectivity index (χ1n) is 9.46. The molecule has 0 aliphatic heterocycles. The molecule has 3 N–H and O–H groups in total. The molecular formula is C21H25ClIN5O2. The van der Waals surface area contributed by atoms with E-state index in [0.29, 0.717) is 35.8 Å². The van der Waals surface area contributed by atoms with Crippen molar-refractivity contribution in [2.45, 2.75) is 19.4 Å². The Hall–Kier alpha value is -2.17. The number of rotatable bonds is 8. The van der Waals surface area contributed by atoms with Gasteiger partial charge in [0.1, 0.15) is 6.54 Å². The summed E-state index contributed by atoms with van der Waals surface area (Å²) < 4.78 is 5.30. The number of guanidine groups is 1. The molecule has 1 unspecified atom stereocenters. The largest absolute Gasteiger partial charge is 0.396 e. The summed E-state index contributed by atoms with van der Waals surface area (Å²) in [5, 5.41) is 20.8. The molecule has 0 saturated heterocycles. The maximum absolute atomic E-state index is 9.72. The van der Waals surface area contributed by atoms with E-state index in [9.17, 15) is 5.11 Å². The van der Waals surface area contributed by atoms with Gasteiger partial charge in [-0.05, 0) is 36.8 Å². The Bertz CT molecular complexity index is 919. The SMILES string of the molecule is CCNC(=NCc1nc(-c2ccc(Cl)cc2)no1)NCC(CO)c1ccccc1.I. The molecule has 0 fully saturated rings. The van der Waals surface area contributed by atoms with E-state index < -0.39 is 0 Å². The van der Waals surface area contributed by atoms with Crippen molar-refractivity contribution in [3.05, 3.63) is 71.1 Å². The van der Waals surface area contributed by atoms with Gasteiger partial charge in [-0.3, -0.25) is 0 Å². The van der Waals surface area contributed by atoms with Crippen LogP contribution >= 0.6 is 35.6 Å². The third-order valence-corrected chi connectivity index (χ3v) is 4.55. The zero-order valence-corrected chi connectivity index (χ0v) is 19.7. The van der Waals surface area contributed by atoms with Crippen LogP contribution in [0.15, 0.2) is 64.1 Å². The van der Waals surface area contributed by atoms with Crippen molar-refractivity contribution in [3.63, 3.8) is 0 Å². The Morgan fingerprint density at radius 1 is 1.13 bits per heavy atom. The van der Waals surface area contributed by atoms with Crippen LogP contribution in [0.2, 0.25) is 5.02 Å². The smallest absolute Gasteiger partial charge is 0.248 e. The minimum absolute atomic E-state index is 0. The van der Waals surface area contributed by atoms with Gasteiger partial charge in [-0.1, -0.05) is 47.1 Å². The van der Waals surface area contributed by atoms with Crippen molar-refractivity contribution in [2.24, 2.45) is 4.99 Å². The Morgan fingerprint density at radius 2 is 1.87 bits per heavy atom. The average molecular weight is 542 g/mol. The molecule has 0 aliphatic rings. The van der Waals surface area contributed by atoms with Crippen LogP contribution in [0.1, 0.15) is 24.3 Å². The number of nitrogens with zero attached hydrogens (tertiary/aromatic N) is 3. The Balaban J connectivity index is 0.00000320. The normalized spacial score (nSPS) is 12.2. The maximum atomic E-state index is 9.72. The molecule has 3 rings (SSSR count). The molecule has 1 aromatic heterocycles. The first-order chi connectivity index (χ1) is 14.2. The van der Waals surface area contributed by atoms with Crippen LogP contribution in [0.25, 0.3) is 11.4 Å². The van der Waals surface area contributed by atoms with Gasteiger partial charge in [0.25, 0.3) is 0 Å². The number of aliphatic hydroxyl groups is 1. The number of nitrogens with one attached hydrogen (secondary N) is 2. The van der Waals surface area contributed by atoms with E-state index in [4.69, 9.17) is 16.1 Å². The highest BCUT2D eigenvalue weighted by atomic mass is 127. The number of aliphatic imine (C=N–C) groups is 1. The number of halogens is 2. The lowest BCUT2D eigenvalue weighted by Crippen LogP contribution is -2.39. The predicted octanol–water partition coefficient (Wildman–Crippen LogP) is 3.84. The van der Waals surface area contributed by atoms with Gasteiger partial charge < -0.3 is 20.3 Å². The number of aliphatic hydroxyl groups excluding tert-OH is 1. The third kappa shape index (κ3) is 6.96. The number of benzene rings is 2. The number of hydrogen-bond acceptors (Lipinski definition) is 5. The lowest BCUT2D eigenvalue weighted by Gasteiger charge is -2.17. The van der Waals surface area contributed by atoms with Crippen LogP contribution in [0.5, 0.6) is 0 Å². The minimum atomic E-state index is -0.0278. The first-order valence-corrected chi connectivity index (χ1v) is 9.84. The van der Waals surface area contributed by atoms with Crippen molar-refractivity contribution >= 4 is 41.5 Å². The summed E-state index contributed by atoms with van der Waals surface area (Å²) in [6.45, 7) is 3.53. The highest BCUT2D eigenvalue weighted by molar-refractivity contribution is 14.0. The van der Waals surface area contributed by atoms with Crippen LogP contribution in [0.3, 0.4) is 0 Å². The van der Waals surface area contributed by atoms with Crippen LogP contribution in [-0.2, 0) is 6.54 Å². The summed E-state index contributed by atoms with van der Waals surface area (Å²) in [7, 11) is 0. The summed E-state index contributed by atoms with van der Waals surface area (Å²) in [5.74, 6) is 1.50. The number of aromatic nitrogens is 2. The van der Waals surface area contributed by atoms with Gasteiger partial charge in [0, 0.05) is 29.6 Å². The van der Waals surface area contributed by atoms with E-state index in [1.54, 1.807) is 12.1 Å². The van der Waals surface area contributed by atoms with E-state index in [2.05, 4.69) is 25.8 Å². The molecule has 7 nitrogen and oxygen atoms in total. The van der Waals surface area contributed by atoms with E-state index in [-0.39, 0.29) is 43.0 Å². The fourth-order valence-corrected chi connectivity index (χ4v) is 2.88. The van der Waals surface area contributed by atoms with Gasteiger partial charge in [0.05, 0.1) is 6.61 Å². The van der Waals surface area contributed by atoms with Gasteiger partial charge in [0.15, 0.2) is 5.96 Å². The van der Waals surface area contributed by atoms with Crippen LogP contribution < -0.4 is 10.6 Å². The molecule has 0 saturated carbocycles. The molecular weight excluding hydrogens is 517 g/mol. The zero-order valence-electron chi connectivity index (χ0n) is 16.6. The number of hydrogen-bond donors (Lipinski definition) is 3. The van der Waals surface area contributed by atoms with Crippen LogP contribution in [-0.4, -0.2) is 40.9 Å². The summed E-state index contributed by atoms with van der Waals surface area (Å²) >= 11 is 5.91. The highest BCUT2D eigenvalue weighted by Gasteiger charge is 2.12. The minimum Gasteiger partial charge on any atom is -0.396 e. The lowest BCUT2D eigenvalue weighted by molar-refractivity contribution is 0.265. The second-order valence-electron chi connectivity index (χ2n) is 6.38. The Labute approximate surface area is 198 Å². The zero-order chi connectivity index (χ0) is 20.5. The summed E-state index contributed by atoms with van der Waals surface area (Å²) in [6.07, 6.45) is 0. The fourth-order valence-electron chi connectivity index (χ4n) is 2.76. The predicted molar refractivity (Wildman–Crippen MR) is 129 cm³/mol. The summed E-state index contributed by atoms with van der Waals surface area (Å²) in [6, 6.07) is 17.1. The standard InChI is InChI=1S/C21H24ClN5O2.HI/c1-2-23-21(24-12-17(14-28)15-6-4-3-5-7-15)25-13-19-26-20(27-29-19)16-8-10-18(22)11-9-16;/h3-11,17,28H,2,12-14H2,1H3,(H2,23,24,25);1H. The van der Waals surface area contributed by atoms with Crippen molar-refractivity contribution in [1.29, 1.82) is 0 Å². The lowest BCUT2D eigenvalue weighted by atomic mass is 10.0. The van der Waals surface area contributed by atoms with E-state index in [0.717, 1.165) is 11.1 Å². The second kappa shape index (κ2) is 12.5. The van der Waals surface area contributed by atoms with E-state index in [1.165, 1.54) is 0 Å². The van der Waals surface area contributed by atoms with Gasteiger partial charge in [0.2, 0.25) is 11.7 Å². The molecule has 3 aromatic rings. The van der Waals surface area contributed by atoms with Gasteiger partial charge in [-0.2, -0.15) is 4.98 Å². The quantitative estimate of drug-likeness (QED) is 0.228. The van der Waals surface area contributed by atoms with Crippen molar-refractivity contribution in [1.82, 2.24) is 20.8 Å². The Morgan fingerprint density at radius 3 is 2.53 bits per heavy atom. The second-order valence-corrected chi connectivity index (χ2v) is 6.82. The maximum Gasteiger partial charge on any atom is 0.248 e. The van der Waals surface area contributed by atoms with Crippen molar-refractivity contribution < 1.29 is 9.63 Å².